The number of ether oxygens (including phenoxy) is 1. The van der Waals surface area contributed by atoms with Gasteiger partial charge in [0.05, 0.1) is 19.1 Å². The lowest BCUT2D eigenvalue weighted by Gasteiger charge is -2.16. The zero-order valence-corrected chi connectivity index (χ0v) is 14.4. The molecule has 3 N–H and O–H groups in total. The van der Waals surface area contributed by atoms with Gasteiger partial charge >= 0.3 is 6.03 Å². The Hall–Kier alpha value is -2.22. The van der Waals surface area contributed by atoms with E-state index < -0.39 is 10.0 Å². The molecule has 0 fully saturated rings. The largest absolute Gasteiger partial charge is 0.495 e. The fraction of sp³-hybridized carbons (Fsp3) is 0.400. The first-order valence-electron chi connectivity index (χ1n) is 7.13. The average molecular weight is 341 g/mol. The van der Waals surface area contributed by atoms with Crippen LogP contribution in [0.2, 0.25) is 0 Å². The molecular weight excluding hydrogens is 318 g/mol. The van der Waals surface area contributed by atoms with Gasteiger partial charge in [0.2, 0.25) is 10.0 Å². The number of nitrogens with one attached hydrogen (secondary N) is 3. The van der Waals surface area contributed by atoms with Gasteiger partial charge in [-0.15, -0.1) is 6.58 Å². The number of methoxy groups -OCH3 is 1. The van der Waals surface area contributed by atoms with E-state index in [9.17, 15) is 13.2 Å². The number of hydrogen-bond donors (Lipinski definition) is 3. The second-order valence-corrected chi connectivity index (χ2v) is 6.77. The van der Waals surface area contributed by atoms with Crippen LogP contribution in [0.15, 0.2) is 30.9 Å². The van der Waals surface area contributed by atoms with E-state index >= 15 is 0 Å². The highest BCUT2D eigenvalue weighted by molar-refractivity contribution is 7.92. The van der Waals surface area contributed by atoms with E-state index in [0.29, 0.717) is 17.9 Å². The highest BCUT2D eigenvalue weighted by Crippen LogP contribution is 2.28. The van der Waals surface area contributed by atoms with Crippen molar-refractivity contribution in [2.75, 3.05) is 23.4 Å². The summed E-state index contributed by atoms with van der Waals surface area (Å²) >= 11 is 0. The fourth-order valence-corrected chi connectivity index (χ4v) is 2.51. The smallest absolute Gasteiger partial charge is 0.319 e. The van der Waals surface area contributed by atoms with Gasteiger partial charge in [0, 0.05) is 11.7 Å². The van der Waals surface area contributed by atoms with Crippen LogP contribution in [-0.2, 0) is 10.0 Å². The van der Waals surface area contributed by atoms with Crippen molar-refractivity contribution in [3.63, 3.8) is 0 Å². The summed E-state index contributed by atoms with van der Waals surface area (Å²) in [6.07, 6.45) is 4.24. The van der Waals surface area contributed by atoms with Gasteiger partial charge in [-0.25, -0.2) is 13.2 Å². The highest BCUT2D eigenvalue weighted by atomic mass is 32.2. The molecule has 0 spiro atoms. The Labute approximate surface area is 137 Å². The Bertz CT molecular complexity index is 659. The summed E-state index contributed by atoms with van der Waals surface area (Å²) in [6, 6.07) is 4.33. The van der Waals surface area contributed by atoms with Crippen molar-refractivity contribution in [1.29, 1.82) is 0 Å². The molecule has 0 aliphatic heterocycles. The number of amides is 2. The van der Waals surface area contributed by atoms with Crippen LogP contribution < -0.4 is 20.1 Å². The molecule has 1 atom stereocenters. The zero-order chi connectivity index (χ0) is 17.5. The molecule has 7 nitrogen and oxygen atoms in total. The molecule has 0 saturated heterocycles. The second-order valence-electron chi connectivity index (χ2n) is 5.02. The number of rotatable bonds is 8. The maximum absolute atomic E-state index is 12.0. The maximum atomic E-state index is 12.0. The summed E-state index contributed by atoms with van der Waals surface area (Å²) in [7, 11) is -2.02. The molecule has 0 radical (unpaired) electrons. The van der Waals surface area contributed by atoms with Gasteiger partial charge in [-0.2, -0.15) is 0 Å². The van der Waals surface area contributed by atoms with Crippen molar-refractivity contribution in [2.45, 2.75) is 25.8 Å². The van der Waals surface area contributed by atoms with E-state index in [2.05, 4.69) is 21.9 Å². The number of hydrogen-bond acceptors (Lipinski definition) is 4. The molecule has 2 amide bonds. The standard InChI is InChI=1S/C15H23N3O4S/c1-5-7-11(6-2)16-15(19)17-12-8-9-14(22-3)13(10-12)18-23(4,20)21/h5,8-11,18H,1,6-7H2,2-4H3,(H2,16,17,19). The summed E-state index contributed by atoms with van der Waals surface area (Å²) < 4.78 is 30.2. The number of urea groups is 1. The third-order valence-corrected chi connectivity index (χ3v) is 3.62. The van der Waals surface area contributed by atoms with Crippen LogP contribution in [0.3, 0.4) is 0 Å². The summed E-state index contributed by atoms with van der Waals surface area (Å²) in [5.41, 5.74) is 0.703. The highest BCUT2D eigenvalue weighted by Gasteiger charge is 2.12. The quantitative estimate of drug-likeness (QED) is 0.633. The van der Waals surface area contributed by atoms with Crippen molar-refractivity contribution in [3.05, 3.63) is 30.9 Å². The Balaban J connectivity index is 2.86. The predicted octanol–water partition coefficient (Wildman–Crippen LogP) is 2.54. The Morgan fingerprint density at radius 2 is 2.13 bits per heavy atom. The first-order valence-corrected chi connectivity index (χ1v) is 9.02. The number of carbonyl (C=O) groups excluding carboxylic acids is 1. The number of sulfonamides is 1. The molecule has 23 heavy (non-hydrogen) atoms. The van der Waals surface area contributed by atoms with Crippen molar-refractivity contribution in [1.82, 2.24) is 5.32 Å². The summed E-state index contributed by atoms with van der Waals surface area (Å²) in [5.74, 6) is 0.361. The van der Waals surface area contributed by atoms with Gasteiger partial charge in [-0.05, 0) is 31.0 Å². The summed E-state index contributed by atoms with van der Waals surface area (Å²) in [4.78, 5) is 12.0. The van der Waals surface area contributed by atoms with Crippen LogP contribution in [0.5, 0.6) is 5.75 Å². The van der Waals surface area contributed by atoms with Crippen LogP contribution >= 0.6 is 0 Å². The lowest BCUT2D eigenvalue weighted by molar-refractivity contribution is 0.248. The summed E-state index contributed by atoms with van der Waals surface area (Å²) in [6.45, 7) is 5.62. The van der Waals surface area contributed by atoms with Crippen molar-refractivity contribution >= 4 is 27.4 Å². The Morgan fingerprint density at radius 1 is 1.43 bits per heavy atom. The molecular formula is C15H23N3O4S. The topological polar surface area (TPSA) is 96.5 Å². The molecule has 0 heterocycles. The van der Waals surface area contributed by atoms with Gasteiger partial charge in [0.25, 0.3) is 0 Å². The van der Waals surface area contributed by atoms with Crippen LogP contribution in [0.25, 0.3) is 0 Å². The van der Waals surface area contributed by atoms with Crippen molar-refractivity contribution in [3.8, 4) is 5.75 Å². The second kappa shape index (κ2) is 8.42. The first-order chi connectivity index (χ1) is 10.8. The lowest BCUT2D eigenvalue weighted by atomic mass is 10.1. The number of benzene rings is 1. The van der Waals surface area contributed by atoms with Gasteiger partial charge in [0.15, 0.2) is 0 Å². The monoisotopic (exact) mass is 341 g/mol. The third-order valence-electron chi connectivity index (χ3n) is 3.03. The van der Waals surface area contributed by atoms with Gasteiger partial charge < -0.3 is 15.4 Å². The minimum Gasteiger partial charge on any atom is -0.495 e. The third kappa shape index (κ3) is 6.60. The molecule has 0 aliphatic carbocycles. The van der Waals surface area contributed by atoms with E-state index in [0.717, 1.165) is 12.7 Å². The molecule has 0 aliphatic rings. The van der Waals surface area contributed by atoms with E-state index in [1.54, 1.807) is 18.2 Å². The number of carbonyl (C=O) groups is 1. The van der Waals surface area contributed by atoms with Crippen LogP contribution in [-0.4, -0.2) is 33.9 Å². The van der Waals surface area contributed by atoms with Crippen LogP contribution in [0.1, 0.15) is 19.8 Å². The minimum atomic E-state index is -3.45. The first kappa shape index (κ1) is 18.8. The number of anilines is 2. The van der Waals surface area contributed by atoms with Crippen molar-refractivity contribution in [2.24, 2.45) is 0 Å². The molecule has 128 valence electrons. The normalized spacial score (nSPS) is 12.1. The van der Waals surface area contributed by atoms with E-state index in [1.807, 2.05) is 6.92 Å². The van der Waals surface area contributed by atoms with Crippen molar-refractivity contribution < 1.29 is 17.9 Å². The molecule has 0 aromatic heterocycles. The van der Waals surface area contributed by atoms with Gasteiger partial charge in [0.1, 0.15) is 5.75 Å². The maximum Gasteiger partial charge on any atom is 0.319 e. The zero-order valence-electron chi connectivity index (χ0n) is 13.5. The molecule has 1 unspecified atom stereocenters. The molecule has 0 saturated carbocycles. The van der Waals surface area contributed by atoms with E-state index in [-0.39, 0.29) is 17.8 Å². The molecule has 1 rings (SSSR count). The van der Waals surface area contributed by atoms with Crippen LogP contribution in [0.4, 0.5) is 16.2 Å². The fourth-order valence-electron chi connectivity index (χ4n) is 1.95. The molecule has 1 aromatic carbocycles. The van der Waals surface area contributed by atoms with E-state index in [1.165, 1.54) is 13.2 Å². The van der Waals surface area contributed by atoms with Gasteiger partial charge in [-0.3, -0.25) is 4.72 Å². The Morgan fingerprint density at radius 3 is 2.65 bits per heavy atom. The molecule has 0 bridgehead atoms. The summed E-state index contributed by atoms with van der Waals surface area (Å²) in [5, 5.41) is 5.49. The lowest BCUT2D eigenvalue weighted by Crippen LogP contribution is -2.37. The predicted molar refractivity (Wildman–Crippen MR) is 92.5 cm³/mol. The van der Waals surface area contributed by atoms with Crippen LogP contribution in [0, 0.1) is 0 Å². The SMILES string of the molecule is C=CCC(CC)NC(=O)Nc1ccc(OC)c(NS(C)(=O)=O)c1. The Kier molecular flexibility index (Phi) is 6.89. The molecule has 1 aromatic rings. The van der Waals surface area contributed by atoms with E-state index in [4.69, 9.17) is 4.74 Å². The average Bonchev–Trinajstić information content (AvgIpc) is 2.45. The minimum absolute atomic E-state index is 0.000589. The molecule has 8 heteroatoms. The van der Waals surface area contributed by atoms with Gasteiger partial charge in [-0.1, -0.05) is 13.0 Å².